The highest BCUT2D eigenvalue weighted by Crippen LogP contribution is 2.39. The van der Waals surface area contributed by atoms with Crippen LogP contribution in [0.4, 0.5) is 0 Å². The van der Waals surface area contributed by atoms with Crippen molar-refractivity contribution in [2.75, 3.05) is 7.05 Å². The number of amides is 1. The Morgan fingerprint density at radius 3 is 2.11 bits per heavy atom. The molecule has 2 saturated heterocycles. The number of ether oxygens (including phenoxy) is 3. The highest BCUT2D eigenvalue weighted by molar-refractivity contribution is 5.81. The number of aliphatic hydroxyl groups excluding tert-OH is 3. The minimum Gasteiger partial charge on any atom is -0.459 e. The van der Waals surface area contributed by atoms with Crippen molar-refractivity contribution in [1.82, 2.24) is 4.90 Å². The third-order valence-corrected chi connectivity index (χ3v) is 10.2. The van der Waals surface area contributed by atoms with Crippen LogP contribution in [0, 0.1) is 34.0 Å². The van der Waals surface area contributed by atoms with Crippen LogP contribution < -0.4 is 0 Å². The van der Waals surface area contributed by atoms with Gasteiger partial charge in [-0.3, -0.25) is 9.59 Å². The Labute approximate surface area is 273 Å². The Balaban J connectivity index is 2.59. The molecule has 0 radical (unpaired) electrons. The second-order valence-corrected chi connectivity index (χ2v) is 15.5. The Morgan fingerprint density at radius 1 is 1.04 bits per heavy atom. The van der Waals surface area contributed by atoms with Gasteiger partial charge in [-0.05, 0) is 52.9 Å². The number of rotatable bonds is 5. The van der Waals surface area contributed by atoms with Crippen molar-refractivity contribution < 1.29 is 49.3 Å². The maximum atomic E-state index is 13.3. The molecule has 2 unspecified atom stereocenters. The lowest BCUT2D eigenvalue weighted by Gasteiger charge is -2.48. The van der Waals surface area contributed by atoms with Crippen molar-refractivity contribution >= 4 is 11.9 Å². The van der Waals surface area contributed by atoms with Gasteiger partial charge in [0, 0.05) is 24.3 Å². The molecule has 0 aromatic heterocycles. The number of nitrogens with zero attached hydrogens (tertiary/aromatic N) is 2. The maximum Gasteiger partial charge on any atom is 0.311 e. The molecule has 2 aliphatic rings. The monoisotopic (exact) mass is 660 g/mol. The summed E-state index contributed by atoms with van der Waals surface area (Å²) in [5, 5.41) is 60.9. The summed E-state index contributed by atoms with van der Waals surface area (Å²) < 4.78 is 18.0. The van der Waals surface area contributed by atoms with Gasteiger partial charge in [0.15, 0.2) is 6.29 Å². The second kappa shape index (κ2) is 15.2. The lowest BCUT2D eigenvalue weighted by atomic mass is 9.72. The lowest BCUT2D eigenvalue weighted by Crippen LogP contribution is -2.61. The van der Waals surface area contributed by atoms with Crippen LogP contribution in [0.25, 0.3) is 0 Å². The van der Waals surface area contributed by atoms with Crippen LogP contribution >= 0.6 is 0 Å². The quantitative estimate of drug-likeness (QED) is 0.215. The van der Waals surface area contributed by atoms with E-state index in [-0.39, 0.29) is 18.7 Å². The number of carbonyl (C=O) groups excluding carboxylic acids is 2. The molecule has 2 heterocycles. The van der Waals surface area contributed by atoms with Gasteiger partial charge in [0.05, 0.1) is 48.0 Å². The zero-order valence-electron chi connectivity index (χ0n) is 29.7. The van der Waals surface area contributed by atoms with Crippen LogP contribution in [0.1, 0.15) is 95.4 Å². The summed E-state index contributed by atoms with van der Waals surface area (Å²) in [5.74, 6) is -4.71. The molecule has 2 rings (SSSR count). The molecule has 0 aromatic carbocycles. The van der Waals surface area contributed by atoms with Crippen molar-refractivity contribution in [3.05, 3.63) is 4.91 Å². The topological polar surface area (TPSA) is 196 Å². The van der Waals surface area contributed by atoms with Gasteiger partial charge in [0.25, 0.3) is 0 Å². The highest BCUT2D eigenvalue weighted by Gasteiger charge is 2.52. The van der Waals surface area contributed by atoms with Crippen LogP contribution in [0.15, 0.2) is 5.18 Å². The van der Waals surface area contributed by atoms with E-state index in [1.807, 2.05) is 0 Å². The number of esters is 1. The van der Waals surface area contributed by atoms with Gasteiger partial charge in [0.1, 0.15) is 17.8 Å². The molecule has 2 fully saturated rings. The van der Waals surface area contributed by atoms with E-state index in [0.717, 1.165) is 0 Å². The van der Waals surface area contributed by atoms with Gasteiger partial charge in [-0.15, -0.1) is 0 Å². The van der Waals surface area contributed by atoms with Crippen LogP contribution in [-0.2, 0) is 23.8 Å². The smallest absolute Gasteiger partial charge is 0.311 e. The highest BCUT2D eigenvalue weighted by atomic mass is 16.7. The van der Waals surface area contributed by atoms with Crippen molar-refractivity contribution in [1.29, 1.82) is 0 Å². The molecular weight excluding hydrogens is 600 g/mol. The second-order valence-electron chi connectivity index (χ2n) is 15.5. The van der Waals surface area contributed by atoms with E-state index < -0.39 is 101 Å². The van der Waals surface area contributed by atoms with Crippen molar-refractivity contribution in [2.24, 2.45) is 34.3 Å². The summed E-state index contributed by atoms with van der Waals surface area (Å²) in [6, 6.07) is -1.76. The molecule has 46 heavy (non-hydrogen) atoms. The number of aliphatic hydroxyl groups is 5. The SMILES string of the molecule is CC[C@H]1OC(=O)[C@H](C)[C@@H](O)[C@H](C)[C@@H](O[C@@H]2O[C@H](C)C[C@H](N(C)C(=O)C(C)(C)C)[C@H]2O)C(C)(O)C[C@@H](C)C(N=O)[C@H](C)[C@@H](O)[C@]1(C)O. The van der Waals surface area contributed by atoms with E-state index in [1.54, 1.807) is 62.4 Å². The van der Waals surface area contributed by atoms with Crippen LogP contribution in [0.3, 0.4) is 0 Å². The normalized spacial score (nSPS) is 45.3. The molecule has 0 saturated carbocycles. The first-order chi connectivity index (χ1) is 20.9. The summed E-state index contributed by atoms with van der Waals surface area (Å²) >= 11 is 0. The van der Waals surface area contributed by atoms with E-state index in [2.05, 4.69) is 5.18 Å². The number of hydrogen-bond donors (Lipinski definition) is 5. The fourth-order valence-corrected chi connectivity index (χ4v) is 7.34. The average Bonchev–Trinajstić information content (AvgIpc) is 2.96. The van der Waals surface area contributed by atoms with Crippen molar-refractivity contribution in [3.63, 3.8) is 0 Å². The van der Waals surface area contributed by atoms with E-state index in [1.165, 1.54) is 25.7 Å². The molecule has 0 aliphatic carbocycles. The molecular formula is C33H60N2O11. The predicted octanol–water partition coefficient (Wildman–Crippen LogP) is 2.37. The minimum absolute atomic E-state index is 0.107. The van der Waals surface area contributed by atoms with E-state index in [0.29, 0.717) is 6.42 Å². The molecule has 15 atom stereocenters. The summed E-state index contributed by atoms with van der Waals surface area (Å²) in [4.78, 5) is 40.1. The Morgan fingerprint density at radius 2 is 1.61 bits per heavy atom. The van der Waals surface area contributed by atoms with Crippen LogP contribution in [0.5, 0.6) is 0 Å². The first kappa shape index (κ1) is 40.4. The Bertz CT molecular complexity index is 1050. The van der Waals surface area contributed by atoms with Gasteiger partial charge < -0.3 is 44.6 Å². The van der Waals surface area contributed by atoms with E-state index in [9.17, 15) is 40.0 Å². The number of cyclic esters (lactones) is 1. The number of hydrogen-bond acceptors (Lipinski definition) is 12. The lowest BCUT2D eigenvalue weighted by molar-refractivity contribution is -0.299. The molecule has 13 heteroatoms. The average molecular weight is 661 g/mol. The Hall–Kier alpha value is -1.74. The Kier molecular flexibility index (Phi) is 13.4. The summed E-state index contributed by atoms with van der Waals surface area (Å²) in [6.45, 7) is 17.9. The molecule has 268 valence electrons. The van der Waals surface area contributed by atoms with Gasteiger partial charge in [-0.1, -0.05) is 53.6 Å². The van der Waals surface area contributed by atoms with Crippen molar-refractivity contribution in [2.45, 2.75) is 162 Å². The molecule has 1 amide bonds. The number of nitroso groups, excluding NO2 is 1. The largest absolute Gasteiger partial charge is 0.459 e. The van der Waals surface area contributed by atoms with Crippen LogP contribution in [-0.4, -0.2) is 116 Å². The first-order valence-electron chi connectivity index (χ1n) is 16.5. The molecule has 2 aliphatic heterocycles. The third-order valence-electron chi connectivity index (χ3n) is 10.2. The predicted molar refractivity (Wildman–Crippen MR) is 170 cm³/mol. The minimum atomic E-state index is -1.95. The van der Waals surface area contributed by atoms with E-state index >= 15 is 0 Å². The first-order valence-corrected chi connectivity index (χ1v) is 16.5. The third kappa shape index (κ3) is 8.64. The standard InChI is InChI=1S/C33H60N2O11/c1-13-22-33(11,42)26(38)18(4)23(34-43)16(2)15-32(10,41)27(19(5)24(36)20(6)28(39)45-22)46-29-25(37)21(14-17(3)44-29)35(12)30(40)31(7,8)9/h16-27,29,36-38,41-42H,13-15H2,1-12H3/t16-,17-,18+,19+,20-,21+,22-,23?,24+,25-,26-,27-,29+,32?,33-/m1/s1. The fraction of sp³-hybridized carbons (Fsp3) is 0.939. The zero-order chi connectivity index (χ0) is 35.7. The zero-order valence-corrected chi connectivity index (χ0v) is 29.7. The van der Waals surface area contributed by atoms with Gasteiger partial charge in [-0.2, -0.15) is 4.91 Å². The van der Waals surface area contributed by atoms with Crippen molar-refractivity contribution in [3.8, 4) is 0 Å². The summed E-state index contributed by atoms with van der Waals surface area (Å²) in [7, 11) is 1.61. The van der Waals surface area contributed by atoms with Gasteiger partial charge in [-0.25, -0.2) is 0 Å². The fourth-order valence-electron chi connectivity index (χ4n) is 7.34. The molecule has 13 nitrogen and oxygen atoms in total. The molecule has 0 aromatic rings. The summed E-state index contributed by atoms with van der Waals surface area (Å²) in [5.41, 5.74) is -4.47. The number of carbonyl (C=O) groups is 2. The molecule has 0 bridgehead atoms. The van der Waals surface area contributed by atoms with Gasteiger partial charge in [0.2, 0.25) is 5.91 Å². The summed E-state index contributed by atoms with van der Waals surface area (Å²) in [6.07, 6.45) is -8.15. The number of likely N-dealkylation sites (N-methyl/N-ethyl adjacent to an activating group) is 1. The molecule has 5 N–H and O–H groups in total. The maximum absolute atomic E-state index is 13.3. The van der Waals surface area contributed by atoms with Gasteiger partial charge >= 0.3 is 5.97 Å². The molecule has 0 spiro atoms. The van der Waals surface area contributed by atoms with Crippen LogP contribution in [0.2, 0.25) is 0 Å². The van der Waals surface area contributed by atoms with E-state index in [4.69, 9.17) is 14.2 Å².